The highest BCUT2D eigenvalue weighted by atomic mass is 19.1. The minimum absolute atomic E-state index is 0.173. The van der Waals surface area contributed by atoms with E-state index >= 15 is 4.39 Å². The Kier molecular flexibility index (Phi) is 3.69. The quantitative estimate of drug-likeness (QED) is 0.799. The summed E-state index contributed by atoms with van der Waals surface area (Å²) in [6.07, 6.45) is -1.93. The zero-order valence-corrected chi connectivity index (χ0v) is 14.1. The van der Waals surface area contributed by atoms with Gasteiger partial charge in [0.25, 0.3) is 0 Å². The van der Waals surface area contributed by atoms with Gasteiger partial charge in [-0.05, 0) is 26.8 Å². The van der Waals surface area contributed by atoms with E-state index in [0.29, 0.717) is 11.3 Å². The van der Waals surface area contributed by atoms with Crippen LogP contribution in [0.15, 0.2) is 24.3 Å². The number of hydrogen-bond acceptors (Lipinski definition) is 5. The Balaban J connectivity index is 2.00. The highest BCUT2D eigenvalue weighted by molar-refractivity contribution is 5.84. The van der Waals surface area contributed by atoms with Crippen LogP contribution in [0.5, 0.6) is 0 Å². The Hall–Kier alpha value is -2.31. The molecule has 0 spiro atoms. The normalized spacial score (nSPS) is 28.0. The number of amides is 1. The monoisotopic (exact) mass is 336 g/mol. The summed E-state index contributed by atoms with van der Waals surface area (Å²) in [5.41, 5.74) is -1.58. The van der Waals surface area contributed by atoms with Crippen molar-refractivity contribution in [1.82, 2.24) is 4.90 Å². The van der Waals surface area contributed by atoms with Crippen LogP contribution in [0.3, 0.4) is 0 Å². The number of alkyl halides is 1. The molecule has 2 aliphatic rings. The number of nitrogens with one attached hydrogen (secondary N) is 1. The van der Waals surface area contributed by atoms with E-state index in [0.717, 1.165) is 4.90 Å². The summed E-state index contributed by atoms with van der Waals surface area (Å²) in [5.74, 6) is -0.661. The summed E-state index contributed by atoms with van der Waals surface area (Å²) in [4.78, 5) is 25.9. The van der Waals surface area contributed by atoms with Gasteiger partial charge in [0.05, 0.1) is 7.11 Å². The van der Waals surface area contributed by atoms with Crippen molar-refractivity contribution in [3.8, 4) is 0 Å². The van der Waals surface area contributed by atoms with E-state index in [1.54, 1.807) is 45.0 Å². The van der Waals surface area contributed by atoms with Gasteiger partial charge in [-0.3, -0.25) is 4.90 Å². The molecule has 3 rings (SSSR count). The molecule has 3 atom stereocenters. The number of carbonyl (C=O) groups excluding carboxylic acids is 2. The maximum absolute atomic E-state index is 15.8. The minimum Gasteiger partial charge on any atom is -0.467 e. The van der Waals surface area contributed by atoms with Gasteiger partial charge in [-0.1, -0.05) is 18.2 Å². The van der Waals surface area contributed by atoms with Gasteiger partial charge in [0, 0.05) is 17.7 Å². The van der Waals surface area contributed by atoms with E-state index in [-0.39, 0.29) is 6.42 Å². The van der Waals surface area contributed by atoms with Crippen LogP contribution >= 0.6 is 0 Å². The lowest BCUT2D eigenvalue weighted by Gasteiger charge is -2.31. The number of ether oxygens (including phenoxy) is 2. The first-order chi connectivity index (χ1) is 11.2. The highest BCUT2D eigenvalue weighted by Gasteiger charge is 2.62. The van der Waals surface area contributed by atoms with E-state index in [9.17, 15) is 9.59 Å². The van der Waals surface area contributed by atoms with Gasteiger partial charge in [0.1, 0.15) is 17.8 Å². The molecule has 0 aliphatic carbocycles. The maximum Gasteiger partial charge on any atom is 0.412 e. The summed E-state index contributed by atoms with van der Waals surface area (Å²) in [5, 5.41) is 3.00. The van der Waals surface area contributed by atoms with Gasteiger partial charge in [-0.25, -0.2) is 14.0 Å². The molecule has 3 unspecified atom stereocenters. The second-order valence-corrected chi connectivity index (χ2v) is 7.09. The number of likely N-dealkylation sites (tertiary alicyclic amines) is 1. The van der Waals surface area contributed by atoms with E-state index in [4.69, 9.17) is 9.47 Å². The van der Waals surface area contributed by atoms with Crippen molar-refractivity contribution in [3.63, 3.8) is 0 Å². The van der Waals surface area contributed by atoms with Crippen molar-refractivity contribution in [2.75, 3.05) is 12.4 Å². The SMILES string of the molecule is COC(=O)C1CC2(F)c3ccccc3NC2N1C(=O)OC(C)(C)C. The molecule has 1 aromatic carbocycles. The Morgan fingerprint density at radius 2 is 2.00 bits per heavy atom. The average Bonchev–Trinajstić information content (AvgIpc) is 2.93. The first kappa shape index (κ1) is 16.5. The van der Waals surface area contributed by atoms with Crippen molar-refractivity contribution >= 4 is 17.7 Å². The van der Waals surface area contributed by atoms with Crippen LogP contribution in [0.25, 0.3) is 0 Å². The molecule has 0 bridgehead atoms. The zero-order valence-electron chi connectivity index (χ0n) is 14.1. The van der Waals surface area contributed by atoms with Crippen molar-refractivity contribution in [1.29, 1.82) is 0 Å². The van der Waals surface area contributed by atoms with Crippen molar-refractivity contribution in [2.45, 2.75) is 50.7 Å². The number of anilines is 1. The van der Waals surface area contributed by atoms with Crippen LogP contribution < -0.4 is 5.32 Å². The molecule has 1 amide bonds. The smallest absolute Gasteiger partial charge is 0.412 e. The Morgan fingerprint density at radius 3 is 2.62 bits per heavy atom. The first-order valence-corrected chi connectivity index (χ1v) is 7.81. The van der Waals surface area contributed by atoms with E-state index in [2.05, 4.69) is 5.32 Å². The Morgan fingerprint density at radius 1 is 1.33 bits per heavy atom. The second kappa shape index (κ2) is 5.36. The zero-order chi connectivity index (χ0) is 17.7. The molecule has 24 heavy (non-hydrogen) atoms. The number of halogens is 1. The molecule has 0 radical (unpaired) electrons. The number of esters is 1. The molecule has 1 N–H and O–H groups in total. The predicted octanol–water partition coefficient (Wildman–Crippen LogP) is 2.79. The van der Waals surface area contributed by atoms with Gasteiger partial charge in [0.2, 0.25) is 0 Å². The fourth-order valence-corrected chi connectivity index (χ4v) is 3.33. The molecular weight excluding hydrogens is 315 g/mol. The number of carbonyl (C=O) groups is 2. The highest BCUT2D eigenvalue weighted by Crippen LogP contribution is 2.52. The fraction of sp³-hybridized carbons (Fsp3) is 0.529. The van der Waals surface area contributed by atoms with Gasteiger partial charge in [0.15, 0.2) is 5.67 Å². The summed E-state index contributed by atoms with van der Waals surface area (Å²) >= 11 is 0. The number of rotatable bonds is 1. The van der Waals surface area contributed by atoms with Crippen LogP contribution in [0, 0.1) is 0 Å². The molecule has 1 saturated heterocycles. The number of hydrogen-bond donors (Lipinski definition) is 1. The molecule has 0 aromatic heterocycles. The second-order valence-electron chi connectivity index (χ2n) is 7.09. The first-order valence-electron chi connectivity index (χ1n) is 7.81. The Labute approximate surface area is 139 Å². The fourth-order valence-electron chi connectivity index (χ4n) is 3.33. The van der Waals surface area contributed by atoms with E-state index in [1.165, 1.54) is 7.11 Å². The molecule has 2 heterocycles. The van der Waals surface area contributed by atoms with Gasteiger partial charge in [-0.2, -0.15) is 0 Å². The lowest BCUT2D eigenvalue weighted by Crippen LogP contribution is -2.51. The summed E-state index contributed by atoms with van der Waals surface area (Å²) in [6.45, 7) is 5.15. The number of benzene rings is 1. The van der Waals surface area contributed by atoms with Gasteiger partial charge < -0.3 is 14.8 Å². The number of nitrogens with zero attached hydrogens (tertiary/aromatic N) is 1. The number of fused-ring (bicyclic) bond motifs is 3. The third-order valence-corrected chi connectivity index (χ3v) is 4.28. The van der Waals surface area contributed by atoms with Crippen LogP contribution in [-0.2, 0) is 19.9 Å². The maximum atomic E-state index is 15.8. The van der Waals surface area contributed by atoms with Crippen LogP contribution in [-0.4, -0.2) is 41.9 Å². The molecular formula is C17H21FN2O4. The molecule has 1 aromatic rings. The Bertz CT molecular complexity index is 687. The van der Waals surface area contributed by atoms with Crippen LogP contribution in [0.1, 0.15) is 32.8 Å². The van der Waals surface area contributed by atoms with Gasteiger partial charge >= 0.3 is 12.1 Å². The van der Waals surface area contributed by atoms with E-state index < -0.39 is 35.5 Å². The number of methoxy groups -OCH3 is 1. The van der Waals surface area contributed by atoms with Crippen LogP contribution in [0.4, 0.5) is 14.9 Å². The summed E-state index contributed by atoms with van der Waals surface area (Å²) in [7, 11) is 1.22. The van der Waals surface area contributed by atoms with Crippen molar-refractivity contribution in [3.05, 3.63) is 29.8 Å². The number of para-hydroxylation sites is 1. The summed E-state index contributed by atoms with van der Waals surface area (Å²) in [6, 6.07) is 5.88. The van der Waals surface area contributed by atoms with Gasteiger partial charge in [-0.15, -0.1) is 0 Å². The minimum atomic E-state index is -1.87. The third kappa shape index (κ3) is 2.48. The molecule has 2 aliphatic heterocycles. The molecule has 130 valence electrons. The summed E-state index contributed by atoms with van der Waals surface area (Å²) < 4.78 is 25.9. The standard InChI is InChI=1S/C17H21FN2O4/c1-16(2,3)24-15(22)20-12(13(21)23-4)9-17(18)10-7-5-6-8-11(10)19-14(17)20/h5-8,12,14,19H,9H2,1-4H3. The van der Waals surface area contributed by atoms with Crippen LogP contribution in [0.2, 0.25) is 0 Å². The van der Waals surface area contributed by atoms with E-state index in [1.807, 2.05) is 0 Å². The van der Waals surface area contributed by atoms with Crippen molar-refractivity contribution in [2.24, 2.45) is 0 Å². The molecule has 7 heteroatoms. The predicted molar refractivity (Wildman–Crippen MR) is 85.1 cm³/mol. The lowest BCUT2D eigenvalue weighted by atomic mass is 9.93. The molecule has 0 saturated carbocycles. The largest absolute Gasteiger partial charge is 0.467 e. The molecule has 6 nitrogen and oxygen atoms in total. The molecule has 1 fully saturated rings. The topological polar surface area (TPSA) is 67.9 Å². The lowest BCUT2D eigenvalue weighted by molar-refractivity contribution is -0.146. The van der Waals surface area contributed by atoms with Crippen molar-refractivity contribution < 1.29 is 23.5 Å². The average molecular weight is 336 g/mol. The third-order valence-electron chi connectivity index (χ3n) is 4.28.